The number of hydrogen-bond donors (Lipinski definition) is 1. The molecule has 0 radical (unpaired) electrons. The van der Waals surface area contributed by atoms with Gasteiger partial charge in [0.1, 0.15) is 6.54 Å². The summed E-state index contributed by atoms with van der Waals surface area (Å²) in [5.74, 6) is -0.118. The maximum atomic E-state index is 11.6. The molecule has 0 aliphatic carbocycles. The van der Waals surface area contributed by atoms with Crippen LogP contribution in [0.2, 0.25) is 0 Å². The maximum Gasteiger partial charge on any atom is 0.259 e. The van der Waals surface area contributed by atoms with Gasteiger partial charge in [0.15, 0.2) is 0 Å². The normalized spacial score (nSPS) is 10.2. The van der Waals surface area contributed by atoms with Crippen molar-refractivity contribution in [3.05, 3.63) is 36.5 Å². The third-order valence-corrected chi connectivity index (χ3v) is 2.40. The number of fused-ring (bicyclic) bond motifs is 1. The average molecular weight is 229 g/mol. The molecular weight excluding hydrogens is 214 g/mol. The van der Waals surface area contributed by atoms with E-state index in [2.05, 4.69) is 10.5 Å². The van der Waals surface area contributed by atoms with Crippen LogP contribution in [0, 0.1) is 0 Å². The molecule has 1 heterocycles. The van der Waals surface area contributed by atoms with Gasteiger partial charge in [0, 0.05) is 17.4 Å². The minimum absolute atomic E-state index is 0.118. The summed E-state index contributed by atoms with van der Waals surface area (Å²) in [5.41, 5.74) is 4.40. The van der Waals surface area contributed by atoms with Gasteiger partial charge in [0.2, 0.25) is 0 Å². The van der Waals surface area contributed by atoms with E-state index in [1.807, 2.05) is 54.9 Å². The molecule has 0 bridgehead atoms. The van der Waals surface area contributed by atoms with Crippen molar-refractivity contribution in [2.45, 2.75) is 20.4 Å². The lowest BCUT2D eigenvalue weighted by molar-refractivity contribution is -0.121. The summed E-state index contributed by atoms with van der Waals surface area (Å²) in [6, 6.07) is 9.97. The van der Waals surface area contributed by atoms with Gasteiger partial charge in [0.25, 0.3) is 5.91 Å². The van der Waals surface area contributed by atoms with Crippen molar-refractivity contribution in [1.82, 2.24) is 9.99 Å². The highest BCUT2D eigenvalue weighted by Crippen LogP contribution is 2.14. The van der Waals surface area contributed by atoms with Crippen LogP contribution in [0.5, 0.6) is 0 Å². The van der Waals surface area contributed by atoms with Crippen molar-refractivity contribution in [3.63, 3.8) is 0 Å². The van der Waals surface area contributed by atoms with E-state index >= 15 is 0 Å². The summed E-state index contributed by atoms with van der Waals surface area (Å²) in [6.07, 6.45) is 1.91. The second-order valence-corrected chi connectivity index (χ2v) is 4.10. The van der Waals surface area contributed by atoms with Crippen molar-refractivity contribution in [2.75, 3.05) is 0 Å². The molecule has 0 spiro atoms. The van der Waals surface area contributed by atoms with Gasteiger partial charge in [-0.1, -0.05) is 18.2 Å². The number of rotatable bonds is 3. The zero-order valence-electron chi connectivity index (χ0n) is 9.97. The maximum absolute atomic E-state index is 11.6. The lowest BCUT2D eigenvalue weighted by atomic mass is 10.2. The Labute approximate surface area is 99.9 Å². The molecule has 1 N–H and O–H groups in total. The molecule has 0 aliphatic heterocycles. The van der Waals surface area contributed by atoms with Crippen LogP contribution in [0.1, 0.15) is 13.8 Å². The molecule has 0 unspecified atom stereocenters. The highest BCUT2D eigenvalue weighted by Gasteiger charge is 2.04. The van der Waals surface area contributed by atoms with Crippen LogP contribution in [-0.4, -0.2) is 16.2 Å². The second-order valence-electron chi connectivity index (χ2n) is 4.10. The number of carbonyl (C=O) groups is 1. The summed E-state index contributed by atoms with van der Waals surface area (Å²) in [5, 5.41) is 5.02. The van der Waals surface area contributed by atoms with Crippen molar-refractivity contribution in [2.24, 2.45) is 5.10 Å². The number of hydrogen-bond acceptors (Lipinski definition) is 2. The lowest BCUT2D eigenvalue weighted by Crippen LogP contribution is -2.23. The third-order valence-electron chi connectivity index (χ3n) is 2.40. The number of para-hydroxylation sites is 1. The molecule has 1 aromatic heterocycles. The van der Waals surface area contributed by atoms with E-state index in [0.717, 1.165) is 16.6 Å². The molecule has 0 saturated heterocycles. The fourth-order valence-corrected chi connectivity index (χ4v) is 1.64. The molecule has 4 nitrogen and oxygen atoms in total. The topological polar surface area (TPSA) is 46.4 Å². The van der Waals surface area contributed by atoms with E-state index in [1.54, 1.807) is 0 Å². The fraction of sp³-hybridized carbons (Fsp3) is 0.231. The predicted octanol–water partition coefficient (Wildman–Crippen LogP) is 2.15. The quantitative estimate of drug-likeness (QED) is 0.636. The molecule has 4 heteroatoms. The number of nitrogens with zero attached hydrogens (tertiary/aromatic N) is 2. The molecule has 17 heavy (non-hydrogen) atoms. The van der Waals surface area contributed by atoms with Crippen molar-refractivity contribution >= 4 is 22.5 Å². The number of nitrogens with one attached hydrogen (secondary N) is 1. The fourth-order valence-electron chi connectivity index (χ4n) is 1.64. The van der Waals surface area contributed by atoms with E-state index in [1.165, 1.54) is 0 Å². The van der Waals surface area contributed by atoms with Gasteiger partial charge in [0.05, 0.1) is 0 Å². The molecule has 1 aromatic carbocycles. The standard InChI is InChI=1S/C13H15N3O/c1-10(2)14-15-13(17)9-16-8-7-11-5-3-4-6-12(11)16/h3-8H,9H2,1-2H3,(H,15,17). The van der Waals surface area contributed by atoms with Crippen LogP contribution >= 0.6 is 0 Å². The Balaban J connectivity index is 2.13. The number of hydrazone groups is 1. The van der Waals surface area contributed by atoms with Gasteiger partial charge in [-0.05, 0) is 31.4 Å². The summed E-state index contributed by atoms with van der Waals surface area (Å²) < 4.78 is 1.91. The second kappa shape index (κ2) is 4.82. The van der Waals surface area contributed by atoms with Gasteiger partial charge in [-0.3, -0.25) is 4.79 Å². The Bertz CT molecular complexity index is 565. The smallest absolute Gasteiger partial charge is 0.259 e. The first-order valence-electron chi connectivity index (χ1n) is 5.50. The molecule has 0 atom stereocenters. The number of aromatic nitrogens is 1. The van der Waals surface area contributed by atoms with E-state index in [9.17, 15) is 4.79 Å². The Hall–Kier alpha value is -2.10. The van der Waals surface area contributed by atoms with Crippen molar-refractivity contribution in [3.8, 4) is 0 Å². The van der Waals surface area contributed by atoms with Crippen LogP contribution in [0.4, 0.5) is 0 Å². The molecule has 0 saturated carbocycles. The summed E-state index contributed by atoms with van der Waals surface area (Å²) in [6.45, 7) is 3.96. The van der Waals surface area contributed by atoms with Gasteiger partial charge in [-0.25, -0.2) is 5.43 Å². The number of benzene rings is 1. The summed E-state index contributed by atoms with van der Waals surface area (Å²) in [7, 11) is 0. The average Bonchev–Trinajstić information content (AvgIpc) is 2.70. The van der Waals surface area contributed by atoms with Crippen LogP contribution in [0.15, 0.2) is 41.6 Å². The zero-order valence-corrected chi connectivity index (χ0v) is 9.97. The van der Waals surface area contributed by atoms with Gasteiger partial charge in [-0.15, -0.1) is 0 Å². The number of carbonyl (C=O) groups excluding carboxylic acids is 1. The third kappa shape index (κ3) is 2.72. The van der Waals surface area contributed by atoms with Crippen LogP contribution in [-0.2, 0) is 11.3 Å². The first-order chi connectivity index (χ1) is 8.16. The monoisotopic (exact) mass is 229 g/mol. The van der Waals surface area contributed by atoms with E-state index in [-0.39, 0.29) is 12.5 Å². The number of amides is 1. The Morgan fingerprint density at radius 1 is 1.29 bits per heavy atom. The van der Waals surface area contributed by atoms with E-state index in [4.69, 9.17) is 0 Å². The van der Waals surface area contributed by atoms with E-state index in [0.29, 0.717) is 0 Å². The molecule has 0 fully saturated rings. The molecule has 2 aromatic rings. The molecular formula is C13H15N3O. The van der Waals surface area contributed by atoms with Crippen molar-refractivity contribution in [1.29, 1.82) is 0 Å². The highest BCUT2D eigenvalue weighted by atomic mass is 16.2. The molecule has 88 valence electrons. The first kappa shape index (κ1) is 11.4. The minimum Gasteiger partial charge on any atom is -0.338 e. The minimum atomic E-state index is -0.118. The Kier molecular flexibility index (Phi) is 3.23. The SMILES string of the molecule is CC(C)=NNC(=O)Cn1ccc2ccccc21. The van der Waals surface area contributed by atoms with Crippen molar-refractivity contribution < 1.29 is 4.79 Å². The Morgan fingerprint density at radius 3 is 2.82 bits per heavy atom. The van der Waals surface area contributed by atoms with Crippen LogP contribution in [0.25, 0.3) is 10.9 Å². The van der Waals surface area contributed by atoms with Gasteiger partial charge < -0.3 is 4.57 Å². The highest BCUT2D eigenvalue weighted by molar-refractivity contribution is 5.84. The van der Waals surface area contributed by atoms with Gasteiger partial charge in [-0.2, -0.15) is 5.10 Å². The predicted molar refractivity (Wildman–Crippen MR) is 68.9 cm³/mol. The largest absolute Gasteiger partial charge is 0.338 e. The summed E-state index contributed by atoms with van der Waals surface area (Å²) in [4.78, 5) is 11.6. The lowest BCUT2D eigenvalue weighted by Gasteiger charge is -2.04. The first-order valence-corrected chi connectivity index (χ1v) is 5.50. The van der Waals surface area contributed by atoms with Gasteiger partial charge >= 0.3 is 0 Å². The van der Waals surface area contributed by atoms with E-state index < -0.39 is 0 Å². The summed E-state index contributed by atoms with van der Waals surface area (Å²) >= 11 is 0. The molecule has 2 rings (SSSR count). The van der Waals surface area contributed by atoms with Crippen LogP contribution in [0.3, 0.4) is 0 Å². The zero-order chi connectivity index (χ0) is 12.3. The molecule has 1 amide bonds. The Morgan fingerprint density at radius 2 is 2.06 bits per heavy atom. The van der Waals surface area contributed by atoms with Crippen LogP contribution < -0.4 is 5.43 Å². The molecule has 0 aliphatic rings.